The highest BCUT2D eigenvalue weighted by Crippen LogP contribution is 2.20. The summed E-state index contributed by atoms with van der Waals surface area (Å²) in [7, 11) is 0. The smallest absolute Gasteiger partial charge is 0.326 e. The normalized spacial score (nSPS) is 13.7. The molecule has 98 valence electrons. The number of nitrogens with zero attached hydrogens (tertiary/aromatic N) is 1. The minimum absolute atomic E-state index is 0.230. The maximum atomic E-state index is 12.2. The van der Waals surface area contributed by atoms with Gasteiger partial charge in [0.25, 0.3) is 0 Å². The van der Waals surface area contributed by atoms with Crippen molar-refractivity contribution >= 4 is 30.2 Å². The fraction of sp³-hybridized carbons (Fsp3) is 0.385. The summed E-state index contributed by atoms with van der Waals surface area (Å²) in [5.74, 6) is -1.20. The van der Waals surface area contributed by atoms with E-state index in [0.29, 0.717) is 11.4 Å². The van der Waals surface area contributed by atoms with E-state index in [-0.39, 0.29) is 11.8 Å². The van der Waals surface area contributed by atoms with Gasteiger partial charge in [0.2, 0.25) is 5.91 Å². The molecule has 1 amide bonds. The van der Waals surface area contributed by atoms with E-state index in [1.807, 2.05) is 6.07 Å². The number of rotatable bonds is 5. The lowest BCUT2D eigenvalue weighted by Crippen LogP contribution is -2.46. The highest BCUT2D eigenvalue weighted by Gasteiger charge is 2.29. The Morgan fingerprint density at radius 3 is 2.28 bits per heavy atom. The van der Waals surface area contributed by atoms with E-state index in [9.17, 15) is 9.59 Å². The van der Waals surface area contributed by atoms with Crippen molar-refractivity contribution in [3.8, 4) is 0 Å². The lowest BCUT2D eigenvalue weighted by atomic mass is 10.1. The summed E-state index contributed by atoms with van der Waals surface area (Å²) in [6.45, 7) is 3.23. The Kier molecular flexibility index (Phi) is 5.22. The van der Waals surface area contributed by atoms with E-state index < -0.39 is 12.0 Å². The number of carbonyl (C=O) groups excluding carboxylic acids is 1. The number of carboxylic acid groups (broad SMARTS) is 1. The van der Waals surface area contributed by atoms with Crippen molar-refractivity contribution in [1.82, 2.24) is 0 Å². The lowest BCUT2D eigenvalue weighted by molar-refractivity contribution is -0.140. The van der Waals surface area contributed by atoms with Gasteiger partial charge in [-0.3, -0.25) is 9.69 Å². The molecule has 0 aliphatic heterocycles. The molecule has 1 N–H and O–H groups in total. The van der Waals surface area contributed by atoms with Crippen LogP contribution < -0.4 is 4.90 Å². The Bertz CT molecular complexity index is 422. The van der Waals surface area contributed by atoms with Gasteiger partial charge < -0.3 is 5.11 Å². The van der Waals surface area contributed by atoms with E-state index in [2.05, 4.69) is 12.6 Å². The average molecular weight is 267 g/mol. The number of carbonyl (C=O) groups is 2. The van der Waals surface area contributed by atoms with Crippen LogP contribution in [-0.4, -0.2) is 28.8 Å². The van der Waals surface area contributed by atoms with Crippen LogP contribution in [0.2, 0.25) is 0 Å². The first kappa shape index (κ1) is 14.6. The molecule has 4 nitrogen and oxygen atoms in total. The van der Waals surface area contributed by atoms with Crippen LogP contribution in [0, 0.1) is 5.92 Å². The third kappa shape index (κ3) is 3.26. The number of para-hydroxylation sites is 1. The molecule has 0 aliphatic carbocycles. The van der Waals surface area contributed by atoms with Crippen LogP contribution in [-0.2, 0) is 9.59 Å². The molecule has 1 aromatic carbocycles. The van der Waals surface area contributed by atoms with Gasteiger partial charge in [-0.2, -0.15) is 12.6 Å². The molecule has 2 atom stereocenters. The molecular weight excluding hydrogens is 250 g/mol. The first-order valence-electron chi connectivity index (χ1n) is 5.70. The van der Waals surface area contributed by atoms with E-state index in [1.54, 1.807) is 31.2 Å². The SMILES string of the molecule is CC(CS)C(=O)N(c1ccccc1)C(C)C(=O)O. The largest absolute Gasteiger partial charge is 0.480 e. The Hall–Kier alpha value is -1.49. The van der Waals surface area contributed by atoms with Crippen LogP contribution in [0.5, 0.6) is 0 Å². The van der Waals surface area contributed by atoms with Gasteiger partial charge in [-0.25, -0.2) is 4.79 Å². The average Bonchev–Trinajstić information content (AvgIpc) is 2.38. The number of benzene rings is 1. The molecule has 0 aromatic heterocycles. The first-order chi connectivity index (χ1) is 8.49. The fourth-order valence-corrected chi connectivity index (χ4v) is 1.71. The van der Waals surface area contributed by atoms with Crippen LogP contribution in [0.1, 0.15) is 13.8 Å². The molecule has 0 saturated carbocycles. The monoisotopic (exact) mass is 267 g/mol. The number of aliphatic carboxylic acids is 1. The summed E-state index contributed by atoms with van der Waals surface area (Å²) in [6, 6.07) is 7.91. The van der Waals surface area contributed by atoms with E-state index in [1.165, 1.54) is 11.8 Å². The van der Waals surface area contributed by atoms with Crippen LogP contribution in [0.3, 0.4) is 0 Å². The zero-order valence-electron chi connectivity index (χ0n) is 10.4. The second-order valence-electron chi connectivity index (χ2n) is 4.14. The van der Waals surface area contributed by atoms with Crippen LogP contribution in [0.4, 0.5) is 5.69 Å². The van der Waals surface area contributed by atoms with Crippen LogP contribution >= 0.6 is 12.6 Å². The summed E-state index contributed by atoms with van der Waals surface area (Å²) in [5, 5.41) is 9.10. The summed E-state index contributed by atoms with van der Waals surface area (Å²) in [5.41, 5.74) is 0.589. The van der Waals surface area contributed by atoms with Gasteiger partial charge in [-0.1, -0.05) is 25.1 Å². The zero-order valence-corrected chi connectivity index (χ0v) is 11.3. The molecule has 0 spiro atoms. The van der Waals surface area contributed by atoms with Gasteiger partial charge >= 0.3 is 5.97 Å². The number of carboxylic acids is 1. The lowest BCUT2D eigenvalue weighted by Gasteiger charge is -2.28. The van der Waals surface area contributed by atoms with Gasteiger partial charge in [0.15, 0.2) is 0 Å². The van der Waals surface area contributed by atoms with Crippen LogP contribution in [0.25, 0.3) is 0 Å². The van der Waals surface area contributed by atoms with Crippen molar-refractivity contribution in [2.45, 2.75) is 19.9 Å². The zero-order chi connectivity index (χ0) is 13.7. The molecule has 0 aliphatic rings. The topological polar surface area (TPSA) is 57.6 Å². The number of hydrogen-bond acceptors (Lipinski definition) is 3. The molecule has 5 heteroatoms. The molecule has 0 bridgehead atoms. The molecule has 0 heterocycles. The molecule has 1 aromatic rings. The second kappa shape index (κ2) is 6.44. The van der Waals surface area contributed by atoms with Crippen molar-refractivity contribution in [3.63, 3.8) is 0 Å². The number of anilines is 1. The highest BCUT2D eigenvalue weighted by molar-refractivity contribution is 7.80. The van der Waals surface area contributed by atoms with Crippen molar-refractivity contribution in [2.24, 2.45) is 5.92 Å². The maximum absolute atomic E-state index is 12.2. The van der Waals surface area contributed by atoms with E-state index >= 15 is 0 Å². The molecule has 0 saturated heterocycles. The third-order valence-electron chi connectivity index (χ3n) is 2.71. The molecule has 18 heavy (non-hydrogen) atoms. The predicted molar refractivity (Wildman–Crippen MR) is 74.0 cm³/mol. The van der Waals surface area contributed by atoms with E-state index in [4.69, 9.17) is 5.11 Å². The van der Waals surface area contributed by atoms with Gasteiger partial charge in [0.05, 0.1) is 0 Å². The van der Waals surface area contributed by atoms with Gasteiger partial charge in [-0.15, -0.1) is 0 Å². The fourth-order valence-electron chi connectivity index (χ4n) is 1.56. The van der Waals surface area contributed by atoms with Crippen molar-refractivity contribution in [1.29, 1.82) is 0 Å². The molecule has 0 fully saturated rings. The summed E-state index contributed by atoms with van der Waals surface area (Å²) >= 11 is 4.09. The Morgan fingerprint density at radius 2 is 1.83 bits per heavy atom. The molecular formula is C13H17NO3S. The van der Waals surface area contributed by atoms with Gasteiger partial charge in [0, 0.05) is 17.4 Å². The molecule has 1 rings (SSSR count). The van der Waals surface area contributed by atoms with Crippen molar-refractivity contribution in [2.75, 3.05) is 10.7 Å². The third-order valence-corrected chi connectivity index (χ3v) is 3.26. The minimum atomic E-state index is -1.03. The number of hydrogen-bond donors (Lipinski definition) is 2. The predicted octanol–water partition coefficient (Wildman–Crippen LogP) is 2.06. The number of amides is 1. The Morgan fingerprint density at radius 1 is 1.28 bits per heavy atom. The number of thiol groups is 1. The highest BCUT2D eigenvalue weighted by atomic mass is 32.1. The quantitative estimate of drug-likeness (QED) is 0.803. The van der Waals surface area contributed by atoms with Crippen molar-refractivity contribution in [3.05, 3.63) is 30.3 Å². The van der Waals surface area contributed by atoms with Crippen LogP contribution in [0.15, 0.2) is 30.3 Å². The summed E-state index contributed by atoms with van der Waals surface area (Å²) in [6.07, 6.45) is 0. The van der Waals surface area contributed by atoms with Gasteiger partial charge in [-0.05, 0) is 19.1 Å². The maximum Gasteiger partial charge on any atom is 0.326 e. The van der Waals surface area contributed by atoms with Crippen molar-refractivity contribution < 1.29 is 14.7 Å². The summed E-state index contributed by atoms with van der Waals surface area (Å²) < 4.78 is 0. The Labute approximate surface area is 112 Å². The van der Waals surface area contributed by atoms with Gasteiger partial charge in [0.1, 0.15) is 6.04 Å². The second-order valence-corrected chi connectivity index (χ2v) is 4.51. The molecule has 0 radical (unpaired) electrons. The summed E-state index contributed by atoms with van der Waals surface area (Å²) in [4.78, 5) is 24.7. The standard InChI is InChI=1S/C13H17NO3S/c1-9(8-18)12(15)14(10(2)13(16)17)11-6-4-3-5-7-11/h3-7,9-10,18H,8H2,1-2H3,(H,16,17). The molecule has 2 unspecified atom stereocenters. The van der Waals surface area contributed by atoms with E-state index in [0.717, 1.165) is 0 Å². The minimum Gasteiger partial charge on any atom is -0.480 e. The Balaban J connectivity index is 3.11. The first-order valence-corrected chi connectivity index (χ1v) is 6.34.